The van der Waals surface area contributed by atoms with E-state index in [4.69, 9.17) is 0 Å². The number of hydrogen-bond acceptors (Lipinski definition) is 1. The molecule has 0 amide bonds. The van der Waals surface area contributed by atoms with Gasteiger partial charge in [-0.05, 0) is 33.1 Å². The summed E-state index contributed by atoms with van der Waals surface area (Å²) in [5, 5.41) is 10.5. The van der Waals surface area contributed by atoms with E-state index in [1.165, 1.54) is 16.7 Å². The molecule has 0 aliphatic carbocycles. The molecule has 1 atom stereocenters. The Balaban J connectivity index is 2.08. The van der Waals surface area contributed by atoms with Gasteiger partial charge in [0.1, 0.15) is 0 Å². The van der Waals surface area contributed by atoms with E-state index in [0.717, 1.165) is 5.56 Å². The van der Waals surface area contributed by atoms with Gasteiger partial charge in [0.2, 0.25) is 0 Å². The van der Waals surface area contributed by atoms with Gasteiger partial charge < -0.3 is 5.11 Å². The van der Waals surface area contributed by atoms with Gasteiger partial charge in [0, 0.05) is 6.42 Å². The lowest BCUT2D eigenvalue weighted by Gasteiger charge is -2.21. The summed E-state index contributed by atoms with van der Waals surface area (Å²) in [6.45, 7) is 13.3. The van der Waals surface area contributed by atoms with Crippen LogP contribution in [0.5, 0.6) is 0 Å². The van der Waals surface area contributed by atoms with Crippen LogP contribution in [0.2, 0.25) is 0 Å². The highest BCUT2D eigenvalue weighted by molar-refractivity contribution is 5.31. The van der Waals surface area contributed by atoms with Crippen molar-refractivity contribution in [3.05, 3.63) is 70.8 Å². The standard InChI is InChI=1S/C22H30O/c1-21(2,3)18-11-7-16(8-12-18)15-20(23)17-9-13-19(14-10-17)22(4,5)6/h7-14,20,23H,15H2,1-6H3. The zero-order chi connectivity index (χ0) is 17.3. The molecule has 0 heterocycles. The molecular formula is C22H30O. The van der Waals surface area contributed by atoms with E-state index in [9.17, 15) is 5.11 Å². The van der Waals surface area contributed by atoms with Gasteiger partial charge in [-0.3, -0.25) is 0 Å². The highest BCUT2D eigenvalue weighted by Crippen LogP contribution is 2.26. The minimum Gasteiger partial charge on any atom is -0.388 e. The summed E-state index contributed by atoms with van der Waals surface area (Å²) in [5.74, 6) is 0. The Morgan fingerprint density at radius 2 is 1.09 bits per heavy atom. The minimum atomic E-state index is -0.454. The molecule has 2 aromatic rings. The molecule has 0 aromatic heterocycles. The number of rotatable bonds is 3. The molecule has 0 saturated carbocycles. The monoisotopic (exact) mass is 310 g/mol. The normalized spacial score (nSPS) is 13.9. The van der Waals surface area contributed by atoms with Crippen LogP contribution in [0.15, 0.2) is 48.5 Å². The molecule has 0 bridgehead atoms. The minimum absolute atomic E-state index is 0.145. The van der Waals surface area contributed by atoms with Gasteiger partial charge in [-0.25, -0.2) is 0 Å². The molecule has 2 aromatic carbocycles. The van der Waals surface area contributed by atoms with Crippen molar-refractivity contribution in [3.8, 4) is 0 Å². The first-order valence-corrected chi connectivity index (χ1v) is 8.45. The van der Waals surface area contributed by atoms with E-state index >= 15 is 0 Å². The molecule has 1 N–H and O–H groups in total. The fourth-order valence-corrected chi connectivity index (χ4v) is 2.69. The third-order valence-electron chi connectivity index (χ3n) is 4.41. The second-order valence-corrected chi connectivity index (χ2v) is 8.54. The molecule has 0 radical (unpaired) electrons. The van der Waals surface area contributed by atoms with E-state index in [1.807, 2.05) is 0 Å². The Kier molecular flexibility index (Phi) is 5.01. The predicted molar refractivity (Wildman–Crippen MR) is 98.9 cm³/mol. The molecule has 0 spiro atoms. The van der Waals surface area contributed by atoms with Crippen molar-refractivity contribution in [2.75, 3.05) is 0 Å². The summed E-state index contributed by atoms with van der Waals surface area (Å²) in [6.07, 6.45) is 0.198. The van der Waals surface area contributed by atoms with Gasteiger partial charge >= 0.3 is 0 Å². The van der Waals surface area contributed by atoms with Crippen LogP contribution in [0.4, 0.5) is 0 Å². The average molecular weight is 310 g/mol. The first-order chi connectivity index (χ1) is 10.6. The van der Waals surface area contributed by atoms with Gasteiger partial charge in [0.05, 0.1) is 6.10 Å². The van der Waals surface area contributed by atoms with E-state index < -0.39 is 6.10 Å². The van der Waals surface area contributed by atoms with E-state index in [0.29, 0.717) is 6.42 Å². The molecule has 2 rings (SSSR count). The predicted octanol–water partition coefficient (Wildman–Crippen LogP) is 5.56. The SMILES string of the molecule is CC(C)(C)c1ccc(CC(O)c2ccc(C(C)(C)C)cc2)cc1. The van der Waals surface area contributed by atoms with Crippen LogP contribution in [0.3, 0.4) is 0 Å². The molecule has 0 aliphatic heterocycles. The molecule has 0 fully saturated rings. The molecule has 0 saturated heterocycles. The van der Waals surface area contributed by atoms with Crippen LogP contribution in [0, 0.1) is 0 Å². The first-order valence-electron chi connectivity index (χ1n) is 8.45. The lowest BCUT2D eigenvalue weighted by atomic mass is 9.85. The van der Waals surface area contributed by atoms with Crippen LogP contribution >= 0.6 is 0 Å². The Morgan fingerprint density at radius 1 is 0.696 bits per heavy atom. The molecule has 1 nitrogen and oxygen atoms in total. The maximum atomic E-state index is 10.5. The Labute approximate surface area is 141 Å². The van der Waals surface area contributed by atoms with Crippen molar-refractivity contribution >= 4 is 0 Å². The van der Waals surface area contributed by atoms with Crippen LogP contribution in [0.1, 0.15) is 69.9 Å². The van der Waals surface area contributed by atoms with Gasteiger partial charge in [0.15, 0.2) is 0 Å². The fourth-order valence-electron chi connectivity index (χ4n) is 2.69. The quantitative estimate of drug-likeness (QED) is 0.787. The molecule has 124 valence electrons. The Bertz CT molecular complexity index is 622. The number of hydrogen-bond donors (Lipinski definition) is 1. The fraction of sp³-hybridized carbons (Fsp3) is 0.455. The summed E-state index contributed by atoms with van der Waals surface area (Å²) in [4.78, 5) is 0. The topological polar surface area (TPSA) is 20.2 Å². The second-order valence-electron chi connectivity index (χ2n) is 8.54. The van der Waals surface area contributed by atoms with Gasteiger partial charge in [-0.15, -0.1) is 0 Å². The Morgan fingerprint density at radius 3 is 1.48 bits per heavy atom. The zero-order valence-corrected chi connectivity index (χ0v) is 15.4. The molecule has 0 aliphatic rings. The van der Waals surface area contributed by atoms with Crippen molar-refractivity contribution in [1.29, 1.82) is 0 Å². The average Bonchev–Trinajstić information content (AvgIpc) is 2.46. The van der Waals surface area contributed by atoms with Crippen molar-refractivity contribution in [2.45, 2.75) is 64.9 Å². The third kappa shape index (κ3) is 4.68. The zero-order valence-electron chi connectivity index (χ0n) is 15.4. The molecule has 1 unspecified atom stereocenters. The van der Waals surface area contributed by atoms with Crippen molar-refractivity contribution in [1.82, 2.24) is 0 Å². The maximum absolute atomic E-state index is 10.5. The van der Waals surface area contributed by atoms with Gasteiger partial charge in [-0.1, -0.05) is 90.1 Å². The van der Waals surface area contributed by atoms with Gasteiger partial charge in [-0.2, -0.15) is 0 Å². The van der Waals surface area contributed by atoms with Gasteiger partial charge in [0.25, 0.3) is 0 Å². The van der Waals surface area contributed by atoms with E-state index in [1.54, 1.807) is 0 Å². The van der Waals surface area contributed by atoms with Crippen molar-refractivity contribution in [3.63, 3.8) is 0 Å². The van der Waals surface area contributed by atoms with E-state index in [-0.39, 0.29) is 10.8 Å². The van der Waals surface area contributed by atoms with E-state index in [2.05, 4.69) is 90.1 Å². The summed E-state index contributed by atoms with van der Waals surface area (Å²) in [7, 11) is 0. The summed E-state index contributed by atoms with van der Waals surface area (Å²) in [6, 6.07) is 17.0. The lowest BCUT2D eigenvalue weighted by molar-refractivity contribution is 0.178. The van der Waals surface area contributed by atoms with Crippen molar-refractivity contribution < 1.29 is 5.11 Å². The summed E-state index contributed by atoms with van der Waals surface area (Å²) < 4.78 is 0. The molecular weight excluding hydrogens is 280 g/mol. The number of aliphatic hydroxyl groups is 1. The second kappa shape index (κ2) is 6.49. The highest BCUT2D eigenvalue weighted by atomic mass is 16.3. The summed E-state index contributed by atoms with van der Waals surface area (Å²) in [5.41, 5.74) is 5.09. The maximum Gasteiger partial charge on any atom is 0.0830 e. The Hall–Kier alpha value is -1.60. The van der Waals surface area contributed by atoms with Crippen LogP contribution in [-0.4, -0.2) is 5.11 Å². The van der Waals surface area contributed by atoms with Crippen LogP contribution < -0.4 is 0 Å². The highest BCUT2D eigenvalue weighted by Gasteiger charge is 2.16. The number of benzene rings is 2. The first kappa shape index (κ1) is 17.7. The smallest absolute Gasteiger partial charge is 0.0830 e. The summed E-state index contributed by atoms with van der Waals surface area (Å²) >= 11 is 0. The molecule has 23 heavy (non-hydrogen) atoms. The van der Waals surface area contributed by atoms with Crippen LogP contribution in [-0.2, 0) is 17.3 Å². The molecule has 1 heteroatoms. The largest absolute Gasteiger partial charge is 0.388 e. The lowest BCUT2D eigenvalue weighted by Crippen LogP contribution is -2.12. The third-order valence-corrected chi connectivity index (χ3v) is 4.41. The number of aliphatic hydroxyl groups excluding tert-OH is 1. The van der Waals surface area contributed by atoms with Crippen molar-refractivity contribution in [2.24, 2.45) is 0 Å². The van der Waals surface area contributed by atoms with Crippen LogP contribution in [0.25, 0.3) is 0 Å².